The maximum Gasteiger partial charge on any atom is 0.242 e. The highest BCUT2D eigenvalue weighted by atomic mass is 16.5. The summed E-state index contributed by atoms with van der Waals surface area (Å²) >= 11 is 0. The third kappa shape index (κ3) is 3.70. The molecule has 2 heterocycles. The summed E-state index contributed by atoms with van der Waals surface area (Å²) in [5.74, 6) is -0.0808. The van der Waals surface area contributed by atoms with E-state index in [0.29, 0.717) is 13.2 Å². The lowest BCUT2D eigenvalue weighted by atomic mass is 10.2. The molecule has 0 aliphatic carbocycles. The smallest absolute Gasteiger partial charge is 0.242 e. The van der Waals surface area contributed by atoms with Crippen LogP contribution in [0.25, 0.3) is 0 Å². The summed E-state index contributed by atoms with van der Waals surface area (Å²) in [6.07, 6.45) is 2.10. The zero-order valence-corrected chi connectivity index (χ0v) is 14.2. The fraction of sp³-hybridized carbons (Fsp3) is 0.556. The Balaban J connectivity index is 1.82. The van der Waals surface area contributed by atoms with Gasteiger partial charge in [0.2, 0.25) is 11.8 Å². The van der Waals surface area contributed by atoms with Crippen LogP contribution in [0.1, 0.15) is 19.8 Å². The van der Waals surface area contributed by atoms with Crippen LogP contribution in [0.4, 0.5) is 11.4 Å². The fourth-order valence-corrected chi connectivity index (χ4v) is 3.33. The van der Waals surface area contributed by atoms with Gasteiger partial charge in [-0.3, -0.25) is 9.59 Å². The van der Waals surface area contributed by atoms with Crippen LogP contribution in [-0.4, -0.2) is 62.7 Å². The molecule has 1 aromatic rings. The number of amides is 2. The number of ether oxygens (including phenoxy) is 1. The molecule has 0 saturated carbocycles. The molecule has 0 radical (unpaired) electrons. The standard InChI is InChI=1S/C18H25N3O3/c1-15(22)21(14-18(23)20-8-4-5-9-20)17-7-3-2-6-16(17)19-10-12-24-13-11-19/h2-3,6-7H,4-5,8-14H2,1H3. The van der Waals surface area contributed by atoms with Crippen molar-refractivity contribution in [3.8, 4) is 0 Å². The minimum Gasteiger partial charge on any atom is -0.378 e. The number of benzene rings is 1. The number of hydrogen-bond donors (Lipinski definition) is 0. The molecule has 24 heavy (non-hydrogen) atoms. The molecular weight excluding hydrogens is 306 g/mol. The van der Waals surface area contributed by atoms with Gasteiger partial charge < -0.3 is 19.4 Å². The van der Waals surface area contributed by atoms with Crippen LogP contribution in [-0.2, 0) is 14.3 Å². The van der Waals surface area contributed by atoms with Crippen LogP contribution < -0.4 is 9.80 Å². The molecule has 2 aliphatic heterocycles. The minimum absolute atomic E-state index is 0.0273. The lowest BCUT2D eigenvalue weighted by Crippen LogP contribution is -2.43. The van der Waals surface area contributed by atoms with Gasteiger partial charge in [0, 0.05) is 33.1 Å². The number of hydrogen-bond acceptors (Lipinski definition) is 4. The number of carbonyl (C=O) groups excluding carboxylic acids is 2. The Morgan fingerprint density at radius 3 is 2.42 bits per heavy atom. The van der Waals surface area contributed by atoms with Crippen molar-refractivity contribution in [2.24, 2.45) is 0 Å². The molecule has 0 aromatic heterocycles. The molecule has 0 bridgehead atoms. The average Bonchev–Trinajstić information content (AvgIpc) is 3.15. The number of carbonyl (C=O) groups is 2. The average molecular weight is 331 g/mol. The first-order valence-corrected chi connectivity index (χ1v) is 8.64. The molecule has 0 unspecified atom stereocenters. The normalized spacial score (nSPS) is 17.9. The van der Waals surface area contributed by atoms with Gasteiger partial charge in [0.1, 0.15) is 6.54 Å². The van der Waals surface area contributed by atoms with Gasteiger partial charge in [-0.2, -0.15) is 0 Å². The van der Waals surface area contributed by atoms with Crippen LogP contribution in [0.15, 0.2) is 24.3 Å². The van der Waals surface area contributed by atoms with Gasteiger partial charge in [0.25, 0.3) is 0 Å². The molecule has 0 spiro atoms. The van der Waals surface area contributed by atoms with Crippen LogP contribution in [0.2, 0.25) is 0 Å². The van der Waals surface area contributed by atoms with Crippen LogP contribution >= 0.6 is 0 Å². The molecule has 3 rings (SSSR count). The molecule has 2 aliphatic rings. The first-order valence-electron chi connectivity index (χ1n) is 8.64. The van der Waals surface area contributed by atoms with E-state index in [4.69, 9.17) is 4.74 Å². The highest BCUT2D eigenvalue weighted by Crippen LogP contribution is 2.30. The van der Waals surface area contributed by atoms with Crippen molar-refractivity contribution < 1.29 is 14.3 Å². The molecule has 2 saturated heterocycles. The van der Waals surface area contributed by atoms with E-state index in [-0.39, 0.29) is 18.4 Å². The van der Waals surface area contributed by atoms with Gasteiger partial charge in [0.05, 0.1) is 24.6 Å². The lowest BCUT2D eigenvalue weighted by molar-refractivity contribution is -0.130. The summed E-state index contributed by atoms with van der Waals surface area (Å²) in [4.78, 5) is 30.4. The van der Waals surface area contributed by atoms with Gasteiger partial charge in [-0.05, 0) is 25.0 Å². The second kappa shape index (κ2) is 7.66. The highest BCUT2D eigenvalue weighted by molar-refractivity contribution is 6.00. The predicted octanol–water partition coefficient (Wildman–Crippen LogP) is 1.50. The van der Waals surface area contributed by atoms with E-state index in [2.05, 4.69) is 4.90 Å². The molecule has 130 valence electrons. The topological polar surface area (TPSA) is 53.1 Å². The van der Waals surface area contributed by atoms with E-state index in [1.165, 1.54) is 6.92 Å². The molecular formula is C18H25N3O3. The summed E-state index contributed by atoms with van der Waals surface area (Å²) in [5, 5.41) is 0. The van der Waals surface area contributed by atoms with Crippen LogP contribution in [0.3, 0.4) is 0 Å². The molecule has 6 heteroatoms. The maximum atomic E-state index is 12.5. The van der Waals surface area contributed by atoms with E-state index >= 15 is 0 Å². The summed E-state index contributed by atoms with van der Waals surface area (Å²) in [7, 11) is 0. The van der Waals surface area contributed by atoms with Crippen molar-refractivity contribution in [1.82, 2.24) is 4.90 Å². The Labute approximate surface area is 143 Å². The van der Waals surface area contributed by atoms with Crippen molar-refractivity contribution in [2.45, 2.75) is 19.8 Å². The van der Waals surface area contributed by atoms with Crippen molar-refractivity contribution >= 4 is 23.2 Å². The number of nitrogens with zero attached hydrogens (tertiary/aromatic N) is 3. The van der Waals surface area contributed by atoms with Crippen molar-refractivity contribution in [3.63, 3.8) is 0 Å². The molecule has 2 fully saturated rings. The Hall–Kier alpha value is -2.08. The summed E-state index contributed by atoms with van der Waals surface area (Å²) in [5.41, 5.74) is 1.80. The first kappa shape index (κ1) is 16.8. The molecule has 0 atom stereocenters. The highest BCUT2D eigenvalue weighted by Gasteiger charge is 2.25. The van der Waals surface area contributed by atoms with Gasteiger partial charge in [0.15, 0.2) is 0 Å². The largest absolute Gasteiger partial charge is 0.378 e. The summed E-state index contributed by atoms with van der Waals surface area (Å²) < 4.78 is 5.42. The van der Waals surface area contributed by atoms with Crippen LogP contribution in [0.5, 0.6) is 0 Å². The van der Waals surface area contributed by atoms with Crippen molar-refractivity contribution in [1.29, 1.82) is 0 Å². The number of morpholine rings is 1. The third-order valence-electron chi connectivity index (χ3n) is 4.66. The molecule has 1 aromatic carbocycles. The van der Waals surface area contributed by atoms with E-state index in [1.807, 2.05) is 29.2 Å². The van der Waals surface area contributed by atoms with Crippen molar-refractivity contribution in [3.05, 3.63) is 24.3 Å². The number of rotatable bonds is 4. The molecule has 2 amide bonds. The predicted molar refractivity (Wildman–Crippen MR) is 93.3 cm³/mol. The van der Waals surface area contributed by atoms with E-state index in [1.54, 1.807) is 4.90 Å². The summed E-state index contributed by atoms with van der Waals surface area (Å²) in [6.45, 7) is 6.18. The second-order valence-corrected chi connectivity index (χ2v) is 6.28. The lowest BCUT2D eigenvalue weighted by Gasteiger charge is -2.33. The Bertz CT molecular complexity index is 593. The third-order valence-corrected chi connectivity index (χ3v) is 4.66. The number of para-hydroxylation sites is 2. The number of likely N-dealkylation sites (tertiary alicyclic amines) is 1. The van der Waals surface area contributed by atoms with E-state index in [0.717, 1.165) is 50.4 Å². The zero-order chi connectivity index (χ0) is 16.9. The molecule has 0 N–H and O–H groups in total. The van der Waals surface area contributed by atoms with Gasteiger partial charge in [-0.15, -0.1) is 0 Å². The van der Waals surface area contributed by atoms with E-state index < -0.39 is 0 Å². The van der Waals surface area contributed by atoms with Gasteiger partial charge in [-0.25, -0.2) is 0 Å². The van der Waals surface area contributed by atoms with E-state index in [9.17, 15) is 9.59 Å². The monoisotopic (exact) mass is 331 g/mol. The Morgan fingerprint density at radius 1 is 1.08 bits per heavy atom. The Morgan fingerprint density at radius 2 is 1.75 bits per heavy atom. The SMILES string of the molecule is CC(=O)N(CC(=O)N1CCCC1)c1ccccc1N1CCOCC1. The van der Waals surface area contributed by atoms with Crippen LogP contribution in [0, 0.1) is 0 Å². The Kier molecular flexibility index (Phi) is 5.35. The quantitative estimate of drug-likeness (QED) is 0.839. The fourth-order valence-electron chi connectivity index (χ4n) is 3.33. The number of anilines is 2. The second-order valence-electron chi connectivity index (χ2n) is 6.28. The van der Waals surface area contributed by atoms with Crippen molar-refractivity contribution in [2.75, 3.05) is 55.7 Å². The summed E-state index contributed by atoms with van der Waals surface area (Å²) in [6, 6.07) is 7.81. The van der Waals surface area contributed by atoms with Gasteiger partial charge in [-0.1, -0.05) is 12.1 Å². The zero-order valence-electron chi connectivity index (χ0n) is 14.2. The van der Waals surface area contributed by atoms with Gasteiger partial charge >= 0.3 is 0 Å². The minimum atomic E-state index is -0.108. The maximum absolute atomic E-state index is 12.5. The first-order chi connectivity index (χ1) is 11.7. The molecule has 6 nitrogen and oxygen atoms in total.